The number of hydrogen-bond acceptors (Lipinski definition) is 4. The van der Waals surface area contributed by atoms with Gasteiger partial charge in [-0.15, -0.1) is 0 Å². The fourth-order valence-electron chi connectivity index (χ4n) is 3.95. The Labute approximate surface area is 167 Å². The van der Waals surface area contributed by atoms with Crippen molar-refractivity contribution in [3.63, 3.8) is 0 Å². The van der Waals surface area contributed by atoms with E-state index in [1.54, 1.807) is 36.4 Å². The van der Waals surface area contributed by atoms with Crippen molar-refractivity contribution in [1.29, 1.82) is 0 Å². The lowest BCUT2D eigenvalue weighted by Gasteiger charge is -2.20. The van der Waals surface area contributed by atoms with Crippen LogP contribution in [0.25, 0.3) is 33.4 Å². The first kappa shape index (κ1) is 18.7. The van der Waals surface area contributed by atoms with Crippen LogP contribution in [-0.2, 0) is 12.8 Å². The van der Waals surface area contributed by atoms with E-state index in [0.717, 1.165) is 10.9 Å². The summed E-state index contributed by atoms with van der Waals surface area (Å²) in [5, 5.41) is 21.1. The number of carboxylic acids is 1. The number of phenols is 1. The number of aromatic carboxylic acids is 1. The van der Waals surface area contributed by atoms with Gasteiger partial charge < -0.3 is 14.6 Å². The highest BCUT2D eigenvalue weighted by Gasteiger charge is 2.25. The molecule has 5 heteroatoms. The largest absolute Gasteiger partial charge is 0.508 e. The Morgan fingerprint density at radius 2 is 1.76 bits per heavy atom. The highest BCUT2D eigenvalue weighted by atomic mass is 16.4. The van der Waals surface area contributed by atoms with E-state index in [0.29, 0.717) is 46.4 Å². The van der Waals surface area contributed by atoms with Crippen molar-refractivity contribution < 1.29 is 19.4 Å². The highest BCUT2D eigenvalue weighted by Crippen LogP contribution is 2.45. The Hall–Kier alpha value is -3.60. The van der Waals surface area contributed by atoms with Gasteiger partial charge in [-0.2, -0.15) is 0 Å². The van der Waals surface area contributed by atoms with Crippen LogP contribution < -0.4 is 5.43 Å². The summed E-state index contributed by atoms with van der Waals surface area (Å²) < 4.78 is 6.13. The molecular formula is C24H20O5. The van der Waals surface area contributed by atoms with Gasteiger partial charge in [0.1, 0.15) is 17.1 Å². The van der Waals surface area contributed by atoms with Gasteiger partial charge in [-0.1, -0.05) is 32.0 Å². The normalized spacial score (nSPS) is 11.2. The molecule has 5 nitrogen and oxygen atoms in total. The van der Waals surface area contributed by atoms with Crippen LogP contribution in [0, 0.1) is 0 Å². The molecule has 146 valence electrons. The maximum absolute atomic E-state index is 12.0. The summed E-state index contributed by atoms with van der Waals surface area (Å²) in [5.41, 5.74) is 3.84. The predicted octanol–water partition coefficient (Wildman–Crippen LogP) is 5.09. The van der Waals surface area contributed by atoms with Crippen LogP contribution in [0.2, 0.25) is 0 Å². The van der Waals surface area contributed by atoms with Crippen molar-refractivity contribution in [2.75, 3.05) is 0 Å². The molecule has 2 aromatic rings. The molecule has 0 saturated heterocycles. The molecule has 0 atom stereocenters. The molecule has 0 bridgehead atoms. The van der Waals surface area contributed by atoms with E-state index in [9.17, 15) is 19.8 Å². The molecule has 1 aliphatic heterocycles. The van der Waals surface area contributed by atoms with E-state index in [1.807, 2.05) is 13.8 Å². The first-order valence-electron chi connectivity index (χ1n) is 9.53. The zero-order valence-corrected chi connectivity index (χ0v) is 16.2. The van der Waals surface area contributed by atoms with Gasteiger partial charge >= 0.3 is 5.97 Å². The first-order valence-corrected chi connectivity index (χ1v) is 9.53. The molecule has 2 aromatic carbocycles. The van der Waals surface area contributed by atoms with Gasteiger partial charge in [-0.05, 0) is 48.2 Å². The molecule has 1 heterocycles. The van der Waals surface area contributed by atoms with E-state index >= 15 is 0 Å². The van der Waals surface area contributed by atoms with Crippen LogP contribution in [0.5, 0.6) is 5.75 Å². The third-order valence-electron chi connectivity index (χ3n) is 5.29. The van der Waals surface area contributed by atoms with E-state index in [-0.39, 0.29) is 16.7 Å². The molecule has 2 aliphatic rings. The second kappa shape index (κ2) is 7.09. The smallest absolute Gasteiger partial charge is 0.336 e. The number of rotatable bonds is 4. The quantitative estimate of drug-likeness (QED) is 0.475. The van der Waals surface area contributed by atoms with Gasteiger partial charge in [0.05, 0.1) is 5.56 Å². The number of phenolic OH excluding ortho intramolecular Hbond substituents is 1. The van der Waals surface area contributed by atoms with Gasteiger partial charge in [-0.3, -0.25) is 4.79 Å². The molecule has 0 unspecified atom stereocenters. The van der Waals surface area contributed by atoms with Gasteiger partial charge in [0.15, 0.2) is 5.43 Å². The number of fused-ring (bicyclic) bond motifs is 2. The van der Waals surface area contributed by atoms with Crippen molar-refractivity contribution in [2.24, 2.45) is 0 Å². The minimum Gasteiger partial charge on any atom is -0.508 e. The van der Waals surface area contributed by atoms with Gasteiger partial charge in [0.2, 0.25) is 0 Å². The lowest BCUT2D eigenvalue weighted by Crippen LogP contribution is -2.05. The SMILES string of the molecule is CCc1c(O)cc(CC)c2c(-c3ccccc3C(=O)O)c3ccc(=O)cc-3oc12. The third-order valence-corrected chi connectivity index (χ3v) is 5.29. The lowest BCUT2D eigenvalue weighted by molar-refractivity contribution is 0.0697. The topological polar surface area (TPSA) is 87.7 Å². The standard InChI is InChI=1S/C24H20O5/c1-3-13-11-19(26)15(4-2)23-21(13)22(16-7-5-6-8-17(16)24(27)28)18-10-9-14(25)12-20(18)29-23/h5-12,26H,3-4H2,1-2H3,(H,27,28). The van der Waals surface area contributed by atoms with Crippen LogP contribution in [0.1, 0.15) is 35.3 Å². The Morgan fingerprint density at radius 1 is 1.00 bits per heavy atom. The highest BCUT2D eigenvalue weighted by molar-refractivity contribution is 6.09. The van der Waals surface area contributed by atoms with Crippen molar-refractivity contribution in [3.8, 4) is 28.2 Å². The molecule has 2 N–H and O–H groups in total. The second-order valence-electron chi connectivity index (χ2n) is 6.93. The van der Waals surface area contributed by atoms with Gasteiger partial charge in [0, 0.05) is 28.1 Å². The Kier molecular flexibility index (Phi) is 4.59. The molecule has 0 aromatic heterocycles. The Bertz CT molecular complexity index is 1280. The molecule has 1 aliphatic carbocycles. The van der Waals surface area contributed by atoms with E-state index in [4.69, 9.17) is 4.42 Å². The van der Waals surface area contributed by atoms with Crippen LogP contribution in [0.15, 0.2) is 57.7 Å². The molecule has 0 amide bonds. The number of aromatic hydroxyl groups is 1. The first-order chi connectivity index (χ1) is 14.0. The summed E-state index contributed by atoms with van der Waals surface area (Å²) in [4.78, 5) is 23.9. The number of aryl methyl sites for hydroxylation is 2. The average Bonchev–Trinajstić information content (AvgIpc) is 2.71. The fourth-order valence-corrected chi connectivity index (χ4v) is 3.95. The van der Waals surface area contributed by atoms with Crippen molar-refractivity contribution in [2.45, 2.75) is 26.7 Å². The van der Waals surface area contributed by atoms with Gasteiger partial charge in [-0.25, -0.2) is 4.79 Å². The zero-order valence-electron chi connectivity index (χ0n) is 16.2. The molecular weight excluding hydrogens is 368 g/mol. The summed E-state index contributed by atoms with van der Waals surface area (Å²) in [5.74, 6) is -0.533. The van der Waals surface area contributed by atoms with Crippen LogP contribution in [0.3, 0.4) is 0 Å². The maximum Gasteiger partial charge on any atom is 0.336 e. The number of hydrogen-bond donors (Lipinski definition) is 2. The fraction of sp³-hybridized carbons (Fsp3) is 0.167. The zero-order chi connectivity index (χ0) is 20.7. The van der Waals surface area contributed by atoms with Gasteiger partial charge in [0.25, 0.3) is 0 Å². The predicted molar refractivity (Wildman–Crippen MR) is 112 cm³/mol. The van der Waals surface area contributed by atoms with Crippen molar-refractivity contribution in [1.82, 2.24) is 0 Å². The summed E-state index contributed by atoms with van der Waals surface area (Å²) in [6, 6.07) is 13.0. The monoisotopic (exact) mass is 388 g/mol. The number of carboxylic acid groups (broad SMARTS) is 1. The molecule has 0 saturated carbocycles. The summed E-state index contributed by atoms with van der Waals surface area (Å²) in [6.07, 6.45) is 1.15. The molecule has 0 spiro atoms. The third kappa shape index (κ3) is 2.95. The summed E-state index contributed by atoms with van der Waals surface area (Å²) in [6.45, 7) is 3.88. The minimum absolute atomic E-state index is 0.135. The molecule has 29 heavy (non-hydrogen) atoms. The molecule has 4 rings (SSSR count). The van der Waals surface area contributed by atoms with E-state index < -0.39 is 5.97 Å². The second-order valence-corrected chi connectivity index (χ2v) is 6.93. The van der Waals surface area contributed by atoms with E-state index in [1.165, 1.54) is 12.1 Å². The summed E-state index contributed by atoms with van der Waals surface area (Å²) >= 11 is 0. The summed E-state index contributed by atoms with van der Waals surface area (Å²) in [7, 11) is 0. The van der Waals surface area contributed by atoms with Crippen LogP contribution in [0.4, 0.5) is 0 Å². The molecule has 0 fully saturated rings. The van der Waals surface area contributed by atoms with Crippen molar-refractivity contribution in [3.05, 3.63) is 75.4 Å². The van der Waals surface area contributed by atoms with Crippen LogP contribution >= 0.6 is 0 Å². The maximum atomic E-state index is 12.0. The number of carbonyl (C=O) groups is 1. The minimum atomic E-state index is -1.03. The Balaban J connectivity index is 2.32. The average molecular weight is 388 g/mol. The number of benzene rings is 3. The van der Waals surface area contributed by atoms with Crippen molar-refractivity contribution >= 4 is 16.9 Å². The lowest BCUT2D eigenvalue weighted by atomic mass is 9.87. The Morgan fingerprint density at radius 3 is 2.45 bits per heavy atom. The van der Waals surface area contributed by atoms with E-state index in [2.05, 4.69) is 0 Å². The molecule has 0 radical (unpaired) electrons. The van der Waals surface area contributed by atoms with Crippen LogP contribution in [-0.4, -0.2) is 16.2 Å².